The minimum atomic E-state index is 0. The van der Waals surface area contributed by atoms with Crippen molar-refractivity contribution in [2.24, 2.45) is 0 Å². The number of halogens is 1. The molecule has 0 bridgehead atoms. The van der Waals surface area contributed by atoms with E-state index in [1.165, 1.54) is 30.3 Å². The van der Waals surface area contributed by atoms with Gasteiger partial charge < -0.3 is 17.1 Å². The Labute approximate surface area is 128 Å². The first-order valence-electron chi connectivity index (χ1n) is 7.41. The zero-order valence-electron chi connectivity index (χ0n) is 12.5. The maximum Gasteiger partial charge on any atom is 0.246 e. The minimum Gasteiger partial charge on any atom is -1.00 e. The Morgan fingerprint density at radius 2 is 1.85 bits per heavy atom. The molecular formula is C16H25ClN2O. The quantitative estimate of drug-likeness (QED) is 0.513. The topological polar surface area (TPSA) is 18.0 Å². The highest BCUT2D eigenvalue weighted by atomic mass is 35.5. The minimum absolute atomic E-state index is 0. The number of aryl methyl sites for hydroxylation is 1. The Morgan fingerprint density at radius 3 is 2.60 bits per heavy atom. The average Bonchev–Trinajstić information content (AvgIpc) is 2.80. The Hall–Kier alpha value is -1.06. The Balaban J connectivity index is 0.00000200. The van der Waals surface area contributed by atoms with Crippen LogP contribution in [0.15, 0.2) is 30.6 Å². The summed E-state index contributed by atoms with van der Waals surface area (Å²) < 4.78 is 10.3. The summed E-state index contributed by atoms with van der Waals surface area (Å²) >= 11 is 0. The number of para-hydroxylation sites is 2. The van der Waals surface area contributed by atoms with Gasteiger partial charge in [-0.15, -0.1) is 0 Å². The molecule has 0 radical (unpaired) electrons. The lowest BCUT2D eigenvalue weighted by Gasteiger charge is -2.00. The van der Waals surface area contributed by atoms with Gasteiger partial charge in [0.2, 0.25) is 6.33 Å². The molecule has 0 N–H and O–H groups in total. The van der Waals surface area contributed by atoms with Gasteiger partial charge in [-0.05, 0) is 25.0 Å². The monoisotopic (exact) mass is 296 g/mol. The largest absolute Gasteiger partial charge is 1.00 e. The van der Waals surface area contributed by atoms with Crippen molar-refractivity contribution in [1.82, 2.24) is 4.57 Å². The van der Waals surface area contributed by atoms with Gasteiger partial charge in [-0.2, -0.15) is 0 Å². The van der Waals surface area contributed by atoms with E-state index in [0.717, 1.165) is 19.6 Å². The Bertz CT molecular complexity index is 510. The molecule has 0 atom stereocenters. The molecular weight excluding hydrogens is 272 g/mol. The van der Waals surface area contributed by atoms with Crippen LogP contribution in [-0.2, 0) is 18.0 Å². The van der Waals surface area contributed by atoms with Gasteiger partial charge in [0.05, 0.1) is 13.2 Å². The summed E-state index contributed by atoms with van der Waals surface area (Å²) in [6, 6.07) is 8.55. The summed E-state index contributed by atoms with van der Waals surface area (Å²) in [4.78, 5) is 0. The van der Waals surface area contributed by atoms with E-state index in [9.17, 15) is 0 Å². The van der Waals surface area contributed by atoms with Crippen molar-refractivity contribution in [2.75, 3.05) is 6.61 Å². The molecule has 1 heterocycles. The molecule has 2 rings (SSSR count). The summed E-state index contributed by atoms with van der Waals surface area (Å²) in [5.74, 6) is 0. The Morgan fingerprint density at radius 1 is 1.10 bits per heavy atom. The van der Waals surface area contributed by atoms with Crippen LogP contribution < -0.4 is 17.0 Å². The summed E-state index contributed by atoms with van der Waals surface area (Å²) in [6.45, 7) is 7.00. The maximum atomic E-state index is 5.74. The molecule has 0 fully saturated rings. The fraction of sp³-hybridized carbons (Fsp3) is 0.562. The number of ether oxygens (including phenoxy) is 1. The summed E-state index contributed by atoms with van der Waals surface area (Å²) in [5, 5.41) is 0. The molecule has 1 aromatic carbocycles. The van der Waals surface area contributed by atoms with E-state index in [0.29, 0.717) is 6.73 Å². The van der Waals surface area contributed by atoms with Gasteiger partial charge in [0.1, 0.15) is 0 Å². The third-order valence-electron chi connectivity index (χ3n) is 3.40. The van der Waals surface area contributed by atoms with E-state index in [-0.39, 0.29) is 12.4 Å². The van der Waals surface area contributed by atoms with Crippen molar-refractivity contribution in [3.05, 3.63) is 30.6 Å². The van der Waals surface area contributed by atoms with Gasteiger partial charge in [0, 0.05) is 0 Å². The van der Waals surface area contributed by atoms with Crippen LogP contribution in [-0.4, -0.2) is 11.2 Å². The number of rotatable bonds is 8. The molecule has 0 saturated carbocycles. The van der Waals surface area contributed by atoms with Gasteiger partial charge >= 0.3 is 0 Å². The van der Waals surface area contributed by atoms with E-state index in [1.807, 2.05) is 0 Å². The third kappa shape index (κ3) is 4.22. The molecule has 0 spiro atoms. The lowest BCUT2D eigenvalue weighted by atomic mass is 10.3. The van der Waals surface area contributed by atoms with Crippen LogP contribution in [0, 0.1) is 0 Å². The van der Waals surface area contributed by atoms with Gasteiger partial charge in [0.15, 0.2) is 17.8 Å². The second kappa shape index (κ2) is 8.98. The van der Waals surface area contributed by atoms with Crippen LogP contribution in [0.1, 0.15) is 39.5 Å². The van der Waals surface area contributed by atoms with Crippen LogP contribution in [0.2, 0.25) is 0 Å². The van der Waals surface area contributed by atoms with E-state index in [4.69, 9.17) is 4.74 Å². The molecule has 3 nitrogen and oxygen atoms in total. The molecule has 4 heteroatoms. The highest BCUT2D eigenvalue weighted by Gasteiger charge is 2.14. The molecule has 0 aliphatic carbocycles. The van der Waals surface area contributed by atoms with Gasteiger partial charge in [-0.1, -0.05) is 38.8 Å². The average molecular weight is 297 g/mol. The lowest BCUT2D eigenvalue weighted by Crippen LogP contribution is -3.00. The molecule has 0 aliphatic heterocycles. The van der Waals surface area contributed by atoms with Crippen LogP contribution >= 0.6 is 0 Å². The number of benzene rings is 1. The lowest BCUT2D eigenvalue weighted by molar-refractivity contribution is -0.710. The molecule has 112 valence electrons. The summed E-state index contributed by atoms with van der Waals surface area (Å²) in [7, 11) is 0. The first kappa shape index (κ1) is 17.0. The molecule has 20 heavy (non-hydrogen) atoms. The molecule has 1 aromatic heterocycles. The van der Waals surface area contributed by atoms with Crippen molar-refractivity contribution in [1.29, 1.82) is 0 Å². The number of imidazole rings is 1. The zero-order valence-corrected chi connectivity index (χ0v) is 13.3. The predicted octanol–water partition coefficient (Wildman–Crippen LogP) is 0.507. The van der Waals surface area contributed by atoms with E-state index >= 15 is 0 Å². The maximum absolute atomic E-state index is 5.74. The van der Waals surface area contributed by atoms with Gasteiger partial charge in [-0.3, -0.25) is 0 Å². The highest BCUT2D eigenvalue weighted by molar-refractivity contribution is 5.71. The number of unbranched alkanes of at least 4 members (excludes halogenated alkanes) is 2. The first-order valence-corrected chi connectivity index (χ1v) is 7.41. The van der Waals surface area contributed by atoms with Crippen molar-refractivity contribution in [3.8, 4) is 0 Å². The fourth-order valence-corrected chi connectivity index (χ4v) is 2.26. The van der Waals surface area contributed by atoms with E-state index in [2.05, 4.69) is 53.6 Å². The van der Waals surface area contributed by atoms with Crippen molar-refractivity contribution >= 4 is 11.0 Å². The van der Waals surface area contributed by atoms with E-state index < -0.39 is 0 Å². The molecule has 0 unspecified atom stereocenters. The number of hydrogen-bond acceptors (Lipinski definition) is 1. The molecule has 0 amide bonds. The highest BCUT2D eigenvalue weighted by Crippen LogP contribution is 2.11. The van der Waals surface area contributed by atoms with Crippen LogP contribution in [0.25, 0.3) is 11.0 Å². The predicted molar refractivity (Wildman–Crippen MR) is 77.9 cm³/mol. The van der Waals surface area contributed by atoms with Crippen LogP contribution in [0.4, 0.5) is 0 Å². The standard InChI is InChI=1S/C16H25N2O.ClH/c1-3-5-11-17-13-18(14-19-12-6-4-2)16-10-8-7-9-15(16)17;/h7-10,13H,3-6,11-12,14H2,1-2H3;1H/q+1;/p-1. The van der Waals surface area contributed by atoms with Gasteiger partial charge in [-0.25, -0.2) is 9.13 Å². The third-order valence-corrected chi connectivity index (χ3v) is 3.40. The number of nitrogens with zero attached hydrogens (tertiary/aromatic N) is 2. The number of aromatic nitrogens is 2. The van der Waals surface area contributed by atoms with Crippen molar-refractivity contribution in [2.45, 2.75) is 52.8 Å². The van der Waals surface area contributed by atoms with Crippen molar-refractivity contribution < 1.29 is 21.7 Å². The molecule has 0 saturated heterocycles. The second-order valence-corrected chi connectivity index (χ2v) is 5.01. The van der Waals surface area contributed by atoms with Crippen molar-refractivity contribution in [3.63, 3.8) is 0 Å². The number of hydrogen-bond donors (Lipinski definition) is 0. The molecule has 2 aromatic rings. The zero-order chi connectivity index (χ0) is 13.5. The fourth-order valence-electron chi connectivity index (χ4n) is 2.26. The first-order chi connectivity index (χ1) is 9.36. The summed E-state index contributed by atoms with van der Waals surface area (Å²) in [6.07, 6.45) is 6.94. The van der Waals surface area contributed by atoms with Crippen LogP contribution in [0.5, 0.6) is 0 Å². The smallest absolute Gasteiger partial charge is 0.246 e. The van der Waals surface area contributed by atoms with Crippen LogP contribution in [0.3, 0.4) is 0 Å². The van der Waals surface area contributed by atoms with Gasteiger partial charge in [0.25, 0.3) is 0 Å². The Kier molecular flexibility index (Phi) is 7.63. The number of fused-ring (bicyclic) bond motifs is 1. The SMILES string of the molecule is CCCCOC[n+]1cn(CCCC)c2ccccc21.[Cl-]. The summed E-state index contributed by atoms with van der Waals surface area (Å²) in [5.41, 5.74) is 2.56. The second-order valence-electron chi connectivity index (χ2n) is 5.01. The van der Waals surface area contributed by atoms with E-state index in [1.54, 1.807) is 0 Å². The normalized spacial score (nSPS) is 10.7. The molecule has 0 aliphatic rings.